The molecule has 0 aliphatic carbocycles. The third-order valence-electron chi connectivity index (χ3n) is 3.15. The summed E-state index contributed by atoms with van der Waals surface area (Å²) in [5.41, 5.74) is 6.99. The summed E-state index contributed by atoms with van der Waals surface area (Å²) >= 11 is 0. The number of sulfone groups is 1. The number of nitrogen functional groups attached to an aromatic ring is 1. The molecule has 1 unspecified atom stereocenters. The van der Waals surface area contributed by atoms with Crippen molar-refractivity contribution in [2.45, 2.75) is 24.7 Å². The fourth-order valence-electron chi connectivity index (χ4n) is 1.82. The predicted octanol–water partition coefficient (Wildman–Crippen LogP) is 1.49. The van der Waals surface area contributed by atoms with Crippen LogP contribution in [0.2, 0.25) is 0 Å². The average molecular weight is 286 g/mol. The van der Waals surface area contributed by atoms with Crippen molar-refractivity contribution in [3.63, 3.8) is 0 Å². The fourth-order valence-corrected chi connectivity index (χ4v) is 2.48. The van der Waals surface area contributed by atoms with E-state index in [0.29, 0.717) is 18.2 Å². The second kappa shape index (κ2) is 6.77. The van der Waals surface area contributed by atoms with Gasteiger partial charge < -0.3 is 16.2 Å². The third-order valence-corrected chi connectivity index (χ3v) is 4.26. The Labute approximate surface area is 114 Å². The summed E-state index contributed by atoms with van der Waals surface area (Å²) in [5.74, 6) is 0.374. The smallest absolute Gasteiger partial charge is 0.175 e. The van der Waals surface area contributed by atoms with E-state index in [1.165, 1.54) is 6.07 Å². The molecule has 5 nitrogen and oxygen atoms in total. The molecule has 1 aromatic carbocycles. The number of rotatable bonds is 7. The summed E-state index contributed by atoms with van der Waals surface area (Å²) < 4.78 is 22.8. The van der Waals surface area contributed by atoms with E-state index in [1.807, 2.05) is 0 Å². The molecule has 0 spiro atoms. The van der Waals surface area contributed by atoms with E-state index in [-0.39, 0.29) is 11.5 Å². The molecule has 0 bridgehead atoms. The Hall–Kier alpha value is -1.27. The van der Waals surface area contributed by atoms with Crippen molar-refractivity contribution in [2.24, 2.45) is 5.92 Å². The Morgan fingerprint density at radius 3 is 2.58 bits per heavy atom. The van der Waals surface area contributed by atoms with Crippen molar-refractivity contribution in [1.29, 1.82) is 0 Å². The summed E-state index contributed by atoms with van der Waals surface area (Å²) in [6.07, 6.45) is 2.86. The number of aliphatic hydroxyl groups excluding tert-OH is 1. The molecule has 0 heterocycles. The van der Waals surface area contributed by atoms with Crippen molar-refractivity contribution in [3.05, 3.63) is 18.2 Å². The van der Waals surface area contributed by atoms with Gasteiger partial charge in [0.15, 0.2) is 9.84 Å². The van der Waals surface area contributed by atoms with Crippen LogP contribution in [0.1, 0.15) is 19.8 Å². The topological polar surface area (TPSA) is 92.4 Å². The van der Waals surface area contributed by atoms with Gasteiger partial charge in [-0.25, -0.2) is 8.42 Å². The molecule has 4 N–H and O–H groups in total. The van der Waals surface area contributed by atoms with Crippen molar-refractivity contribution >= 4 is 21.2 Å². The van der Waals surface area contributed by atoms with E-state index in [1.54, 1.807) is 12.1 Å². The van der Waals surface area contributed by atoms with Crippen LogP contribution < -0.4 is 11.1 Å². The second-order valence-corrected chi connectivity index (χ2v) is 6.70. The first-order chi connectivity index (χ1) is 8.88. The predicted molar refractivity (Wildman–Crippen MR) is 77.9 cm³/mol. The molecular formula is C13H22N2O3S. The highest BCUT2D eigenvalue weighted by molar-refractivity contribution is 7.90. The minimum absolute atomic E-state index is 0.169. The molecule has 0 aliphatic rings. The van der Waals surface area contributed by atoms with Gasteiger partial charge in [-0.1, -0.05) is 13.3 Å². The normalized spacial score (nSPS) is 13.2. The van der Waals surface area contributed by atoms with Crippen LogP contribution in [-0.4, -0.2) is 32.9 Å². The zero-order valence-corrected chi connectivity index (χ0v) is 12.2. The molecule has 1 rings (SSSR count). The minimum atomic E-state index is -3.23. The summed E-state index contributed by atoms with van der Waals surface area (Å²) in [6, 6.07) is 4.68. The highest BCUT2D eigenvalue weighted by Gasteiger charge is 2.10. The van der Waals surface area contributed by atoms with E-state index >= 15 is 0 Å². The summed E-state index contributed by atoms with van der Waals surface area (Å²) in [5, 5.41) is 12.1. The zero-order valence-electron chi connectivity index (χ0n) is 11.4. The highest BCUT2D eigenvalue weighted by atomic mass is 32.2. The van der Waals surface area contributed by atoms with E-state index in [2.05, 4.69) is 12.2 Å². The van der Waals surface area contributed by atoms with Crippen molar-refractivity contribution in [2.75, 3.05) is 30.5 Å². The summed E-state index contributed by atoms with van der Waals surface area (Å²) in [4.78, 5) is 0.220. The first-order valence-corrected chi connectivity index (χ1v) is 8.22. The van der Waals surface area contributed by atoms with Gasteiger partial charge in [0.2, 0.25) is 0 Å². The molecule has 0 radical (unpaired) electrons. The number of aliphatic hydroxyl groups is 1. The van der Waals surface area contributed by atoms with Crippen LogP contribution >= 0.6 is 0 Å². The molecule has 0 aliphatic heterocycles. The molecule has 0 aromatic heterocycles. The average Bonchev–Trinajstić information content (AvgIpc) is 2.34. The number of anilines is 2. The van der Waals surface area contributed by atoms with Gasteiger partial charge in [-0.2, -0.15) is 0 Å². The molecule has 0 amide bonds. The van der Waals surface area contributed by atoms with Crippen molar-refractivity contribution < 1.29 is 13.5 Å². The van der Waals surface area contributed by atoms with Crippen LogP contribution in [0.25, 0.3) is 0 Å². The van der Waals surface area contributed by atoms with Crippen LogP contribution in [-0.2, 0) is 9.84 Å². The maximum atomic E-state index is 11.4. The molecule has 0 saturated carbocycles. The van der Waals surface area contributed by atoms with Crippen LogP contribution in [0.15, 0.2) is 23.1 Å². The first-order valence-electron chi connectivity index (χ1n) is 6.32. The lowest BCUT2D eigenvalue weighted by molar-refractivity contribution is 0.258. The highest BCUT2D eigenvalue weighted by Crippen LogP contribution is 2.23. The minimum Gasteiger partial charge on any atom is -0.397 e. The van der Waals surface area contributed by atoms with Gasteiger partial charge >= 0.3 is 0 Å². The van der Waals surface area contributed by atoms with E-state index < -0.39 is 9.84 Å². The lowest BCUT2D eigenvalue weighted by Crippen LogP contribution is -2.16. The molecular weight excluding hydrogens is 264 g/mol. The Morgan fingerprint density at radius 1 is 1.42 bits per heavy atom. The number of hydrogen-bond acceptors (Lipinski definition) is 5. The van der Waals surface area contributed by atoms with Crippen LogP contribution in [0, 0.1) is 5.92 Å². The Bertz CT molecular complexity index is 515. The summed E-state index contributed by atoms with van der Waals surface area (Å²) in [6.45, 7) is 2.94. The van der Waals surface area contributed by atoms with E-state index in [9.17, 15) is 8.42 Å². The number of nitrogens with one attached hydrogen (secondary N) is 1. The first kappa shape index (κ1) is 15.8. The monoisotopic (exact) mass is 286 g/mol. The molecule has 0 fully saturated rings. The molecule has 0 saturated heterocycles. The lowest BCUT2D eigenvalue weighted by Gasteiger charge is -2.16. The Kier molecular flexibility index (Phi) is 5.62. The van der Waals surface area contributed by atoms with E-state index in [0.717, 1.165) is 24.8 Å². The van der Waals surface area contributed by atoms with Gasteiger partial charge in [-0.3, -0.25) is 0 Å². The van der Waals surface area contributed by atoms with Gasteiger partial charge in [-0.15, -0.1) is 0 Å². The van der Waals surface area contributed by atoms with E-state index in [4.69, 9.17) is 10.8 Å². The van der Waals surface area contributed by atoms with Gasteiger partial charge in [0.05, 0.1) is 16.3 Å². The molecule has 1 atom stereocenters. The van der Waals surface area contributed by atoms with Crippen molar-refractivity contribution in [1.82, 2.24) is 0 Å². The molecule has 19 heavy (non-hydrogen) atoms. The quantitative estimate of drug-likeness (QED) is 0.660. The fraction of sp³-hybridized carbons (Fsp3) is 0.538. The third kappa shape index (κ3) is 4.72. The van der Waals surface area contributed by atoms with Gasteiger partial charge in [0.1, 0.15) is 0 Å². The lowest BCUT2D eigenvalue weighted by atomic mass is 10.0. The van der Waals surface area contributed by atoms with Gasteiger partial charge in [0.25, 0.3) is 0 Å². The maximum Gasteiger partial charge on any atom is 0.175 e. The maximum absolute atomic E-state index is 11.4. The molecule has 6 heteroatoms. The molecule has 108 valence electrons. The Balaban J connectivity index is 2.75. The van der Waals surface area contributed by atoms with Crippen LogP contribution in [0.5, 0.6) is 0 Å². The number of hydrogen-bond donors (Lipinski definition) is 3. The van der Waals surface area contributed by atoms with Gasteiger partial charge in [-0.05, 0) is 30.5 Å². The standard InChI is InChI=1S/C13H22N2O3S/c1-3-10(6-7-16)9-15-13-5-4-11(8-12(13)14)19(2,17)18/h4-5,8,10,15-16H,3,6-7,9,14H2,1-2H3. The van der Waals surface area contributed by atoms with Crippen LogP contribution in [0.4, 0.5) is 11.4 Å². The SMILES string of the molecule is CCC(CCO)CNc1ccc(S(C)(=O)=O)cc1N. The largest absolute Gasteiger partial charge is 0.397 e. The number of nitrogens with two attached hydrogens (primary N) is 1. The number of benzene rings is 1. The second-order valence-electron chi connectivity index (χ2n) is 4.69. The molecule has 1 aromatic rings. The zero-order chi connectivity index (χ0) is 14.5. The Morgan fingerprint density at radius 2 is 2.11 bits per heavy atom. The van der Waals surface area contributed by atoms with Crippen molar-refractivity contribution in [3.8, 4) is 0 Å². The summed E-state index contributed by atoms with van der Waals surface area (Å²) in [7, 11) is -3.23. The van der Waals surface area contributed by atoms with Gasteiger partial charge in [0, 0.05) is 19.4 Å². The van der Waals surface area contributed by atoms with Crippen LogP contribution in [0.3, 0.4) is 0 Å².